The maximum Gasteiger partial charge on any atom is 0.257 e. The van der Waals surface area contributed by atoms with Crippen molar-refractivity contribution in [3.05, 3.63) is 36.0 Å². The molecule has 1 saturated heterocycles. The van der Waals surface area contributed by atoms with Crippen LogP contribution in [0.3, 0.4) is 0 Å². The molecule has 1 aromatic carbocycles. The van der Waals surface area contributed by atoms with E-state index < -0.39 is 6.04 Å². The van der Waals surface area contributed by atoms with Gasteiger partial charge in [-0.15, -0.1) is 18.2 Å². The van der Waals surface area contributed by atoms with E-state index in [-0.39, 0.29) is 18.4 Å². The molecule has 0 aliphatic carbocycles. The first-order valence-electron chi connectivity index (χ1n) is 6.88. The van der Waals surface area contributed by atoms with Gasteiger partial charge >= 0.3 is 0 Å². The molecule has 0 radical (unpaired) electrons. The van der Waals surface area contributed by atoms with Crippen molar-refractivity contribution in [2.45, 2.75) is 6.04 Å². The molecule has 1 aromatic heterocycles. The molecule has 22 heavy (non-hydrogen) atoms. The van der Waals surface area contributed by atoms with Crippen molar-refractivity contribution < 1.29 is 9.59 Å². The summed E-state index contributed by atoms with van der Waals surface area (Å²) in [5.74, 6) is 3.13. The summed E-state index contributed by atoms with van der Waals surface area (Å²) in [5, 5.41) is 3.52. The summed E-state index contributed by atoms with van der Waals surface area (Å²) < 4.78 is 0. The standard InChI is InChI=1S/C16H15N3O2S/c1-2-7-17-15(20)14-9-22-10-19(14)16(21)12-8-18-13-6-4-3-5-11(12)13/h1,3-6,8,14,18H,7,9-10H2,(H,17,20). The van der Waals surface area contributed by atoms with Gasteiger partial charge in [0.1, 0.15) is 6.04 Å². The van der Waals surface area contributed by atoms with Crippen LogP contribution in [0.1, 0.15) is 10.4 Å². The molecule has 6 heteroatoms. The molecule has 2 amide bonds. The smallest absolute Gasteiger partial charge is 0.257 e. The zero-order valence-electron chi connectivity index (χ0n) is 11.8. The predicted molar refractivity (Wildman–Crippen MR) is 87.4 cm³/mol. The number of thioether (sulfide) groups is 1. The Morgan fingerprint density at radius 1 is 1.45 bits per heavy atom. The van der Waals surface area contributed by atoms with E-state index in [0.29, 0.717) is 17.2 Å². The van der Waals surface area contributed by atoms with Crippen LogP contribution in [0.4, 0.5) is 0 Å². The second kappa shape index (κ2) is 6.16. The molecule has 2 N–H and O–H groups in total. The van der Waals surface area contributed by atoms with Gasteiger partial charge in [-0.3, -0.25) is 9.59 Å². The van der Waals surface area contributed by atoms with Gasteiger partial charge in [-0.1, -0.05) is 24.1 Å². The van der Waals surface area contributed by atoms with Crippen molar-refractivity contribution in [3.63, 3.8) is 0 Å². The number of carbonyl (C=O) groups is 2. The van der Waals surface area contributed by atoms with Gasteiger partial charge in [-0.05, 0) is 6.07 Å². The molecule has 1 fully saturated rings. The average molecular weight is 313 g/mol. The number of H-pyrrole nitrogens is 1. The third-order valence-electron chi connectivity index (χ3n) is 3.63. The second-order valence-electron chi connectivity index (χ2n) is 4.96. The average Bonchev–Trinajstić information content (AvgIpc) is 3.18. The van der Waals surface area contributed by atoms with Crippen molar-refractivity contribution in [3.8, 4) is 12.3 Å². The van der Waals surface area contributed by atoms with Gasteiger partial charge in [0.2, 0.25) is 5.91 Å². The predicted octanol–water partition coefficient (Wildman–Crippen LogP) is 1.43. The quantitative estimate of drug-likeness (QED) is 0.843. The van der Waals surface area contributed by atoms with Gasteiger partial charge in [0, 0.05) is 22.9 Å². The number of aromatic amines is 1. The number of aromatic nitrogens is 1. The summed E-state index contributed by atoms with van der Waals surface area (Å²) in [6.07, 6.45) is 6.86. The van der Waals surface area contributed by atoms with Crippen LogP contribution in [-0.2, 0) is 4.79 Å². The highest BCUT2D eigenvalue weighted by atomic mass is 32.2. The van der Waals surface area contributed by atoms with E-state index in [1.807, 2.05) is 24.3 Å². The molecular formula is C16H15N3O2S. The highest BCUT2D eigenvalue weighted by Gasteiger charge is 2.35. The summed E-state index contributed by atoms with van der Waals surface area (Å²) in [6.45, 7) is 0.176. The lowest BCUT2D eigenvalue weighted by atomic mass is 10.1. The molecule has 1 unspecified atom stereocenters. The minimum Gasteiger partial charge on any atom is -0.360 e. The van der Waals surface area contributed by atoms with Gasteiger partial charge in [0.15, 0.2) is 0 Å². The molecule has 3 rings (SSSR count). The van der Waals surface area contributed by atoms with Crippen molar-refractivity contribution in [1.29, 1.82) is 0 Å². The van der Waals surface area contributed by atoms with Crippen molar-refractivity contribution in [1.82, 2.24) is 15.2 Å². The number of carbonyl (C=O) groups excluding carboxylic acids is 2. The Hall–Kier alpha value is -2.39. The molecule has 1 atom stereocenters. The van der Waals surface area contributed by atoms with Crippen LogP contribution >= 0.6 is 11.8 Å². The fourth-order valence-electron chi connectivity index (χ4n) is 2.52. The van der Waals surface area contributed by atoms with Gasteiger partial charge in [-0.25, -0.2) is 0 Å². The van der Waals surface area contributed by atoms with Crippen molar-refractivity contribution in [2.24, 2.45) is 0 Å². The van der Waals surface area contributed by atoms with E-state index in [9.17, 15) is 9.59 Å². The van der Waals surface area contributed by atoms with Gasteiger partial charge in [-0.2, -0.15) is 0 Å². The summed E-state index contributed by atoms with van der Waals surface area (Å²) in [6, 6.07) is 7.15. The lowest BCUT2D eigenvalue weighted by Gasteiger charge is -2.22. The lowest BCUT2D eigenvalue weighted by molar-refractivity contribution is -0.124. The van der Waals surface area contributed by atoms with Gasteiger partial charge < -0.3 is 15.2 Å². The maximum atomic E-state index is 12.8. The van der Waals surface area contributed by atoms with Crippen LogP contribution in [0.2, 0.25) is 0 Å². The van der Waals surface area contributed by atoms with E-state index in [1.54, 1.807) is 22.9 Å². The third-order valence-corrected chi connectivity index (χ3v) is 4.64. The van der Waals surface area contributed by atoms with Crippen molar-refractivity contribution >= 4 is 34.5 Å². The Kier molecular flexibility index (Phi) is 4.07. The molecule has 0 saturated carbocycles. The van der Waals surface area contributed by atoms with E-state index in [4.69, 9.17) is 6.42 Å². The highest BCUT2D eigenvalue weighted by Crippen LogP contribution is 2.26. The topological polar surface area (TPSA) is 65.2 Å². The number of amides is 2. The molecule has 1 aliphatic heterocycles. The number of nitrogens with one attached hydrogen (secondary N) is 2. The SMILES string of the molecule is C#CCNC(=O)C1CSCN1C(=O)c1c[nH]c2ccccc12. The number of fused-ring (bicyclic) bond motifs is 1. The van der Waals surface area contributed by atoms with Gasteiger partial charge in [0.05, 0.1) is 18.0 Å². The van der Waals surface area contributed by atoms with Crippen LogP contribution in [0.15, 0.2) is 30.5 Å². The van der Waals surface area contributed by atoms with E-state index in [2.05, 4.69) is 16.2 Å². The summed E-state index contributed by atoms with van der Waals surface area (Å²) in [5.41, 5.74) is 1.50. The number of benzene rings is 1. The maximum absolute atomic E-state index is 12.8. The largest absolute Gasteiger partial charge is 0.360 e. The molecule has 0 bridgehead atoms. The lowest BCUT2D eigenvalue weighted by Crippen LogP contribution is -2.47. The molecule has 1 aliphatic rings. The first kappa shape index (κ1) is 14.5. The van der Waals surface area contributed by atoms with Crippen molar-refractivity contribution in [2.75, 3.05) is 18.2 Å². The number of rotatable bonds is 3. The summed E-state index contributed by atoms with van der Waals surface area (Å²) in [7, 11) is 0. The Bertz CT molecular complexity index is 762. The molecule has 112 valence electrons. The fourth-order valence-corrected chi connectivity index (χ4v) is 3.67. The number of terminal acetylenes is 1. The summed E-state index contributed by atoms with van der Waals surface area (Å²) in [4.78, 5) is 29.6. The number of nitrogens with zero attached hydrogens (tertiary/aromatic N) is 1. The summed E-state index contributed by atoms with van der Waals surface area (Å²) >= 11 is 1.57. The highest BCUT2D eigenvalue weighted by molar-refractivity contribution is 7.99. The van der Waals surface area contributed by atoms with E-state index in [1.165, 1.54) is 0 Å². The molecule has 5 nitrogen and oxygen atoms in total. The number of para-hydroxylation sites is 1. The number of hydrogen-bond donors (Lipinski definition) is 2. The zero-order chi connectivity index (χ0) is 15.5. The fraction of sp³-hybridized carbons (Fsp3) is 0.250. The Morgan fingerprint density at radius 2 is 2.27 bits per heavy atom. The first-order chi connectivity index (χ1) is 10.7. The van der Waals surface area contributed by atoms with E-state index >= 15 is 0 Å². The van der Waals surface area contributed by atoms with Crippen LogP contribution in [0.25, 0.3) is 10.9 Å². The minimum absolute atomic E-state index is 0.136. The van der Waals surface area contributed by atoms with Crippen LogP contribution in [0, 0.1) is 12.3 Å². The molecular weight excluding hydrogens is 298 g/mol. The van der Waals surface area contributed by atoms with Crippen LogP contribution in [0.5, 0.6) is 0 Å². The number of hydrogen-bond acceptors (Lipinski definition) is 3. The molecule has 2 aromatic rings. The van der Waals surface area contributed by atoms with Crippen LogP contribution < -0.4 is 5.32 Å². The zero-order valence-corrected chi connectivity index (χ0v) is 12.7. The van der Waals surface area contributed by atoms with Gasteiger partial charge in [0.25, 0.3) is 5.91 Å². The minimum atomic E-state index is -0.473. The molecule has 2 heterocycles. The van der Waals surface area contributed by atoms with Crippen LogP contribution in [-0.4, -0.2) is 45.9 Å². The molecule has 0 spiro atoms. The Balaban J connectivity index is 1.85. The normalized spacial score (nSPS) is 17.4. The third kappa shape index (κ3) is 2.55. The second-order valence-corrected chi connectivity index (χ2v) is 5.96. The Labute approximate surface area is 132 Å². The van der Waals surface area contributed by atoms with E-state index in [0.717, 1.165) is 10.9 Å². The Morgan fingerprint density at radius 3 is 3.09 bits per heavy atom. The first-order valence-corrected chi connectivity index (χ1v) is 8.04. The monoisotopic (exact) mass is 313 g/mol.